The first-order valence-electron chi connectivity index (χ1n) is 3.69. The fraction of sp³-hybridized carbons (Fsp3) is 0.500. The van der Waals surface area contributed by atoms with E-state index in [4.69, 9.17) is 0 Å². The van der Waals surface area contributed by atoms with E-state index >= 15 is 0 Å². The van der Waals surface area contributed by atoms with Gasteiger partial charge in [0, 0.05) is 0 Å². The Hall–Kier alpha value is -1.56. The first-order chi connectivity index (χ1) is 7.16. The van der Waals surface area contributed by atoms with Crippen molar-refractivity contribution in [2.24, 2.45) is 0 Å². The van der Waals surface area contributed by atoms with Crippen molar-refractivity contribution in [2.45, 2.75) is 0 Å². The van der Waals surface area contributed by atoms with Crippen LogP contribution in [0.25, 0.3) is 0 Å². The van der Waals surface area contributed by atoms with Crippen LogP contribution in [0, 0.1) is 0 Å². The Balaban J connectivity index is 2.84. The van der Waals surface area contributed by atoms with Crippen LogP contribution in [0.3, 0.4) is 0 Å². The molecule has 0 unspecified atom stereocenters. The number of rotatable bonds is 4. The van der Waals surface area contributed by atoms with Gasteiger partial charge in [-0.2, -0.15) is 0 Å². The summed E-state index contributed by atoms with van der Waals surface area (Å²) in [5.41, 5.74) is 0. The van der Waals surface area contributed by atoms with E-state index in [2.05, 4.69) is 20.4 Å². The van der Waals surface area contributed by atoms with Gasteiger partial charge in [0.15, 0.2) is 0 Å². The molecule has 0 aliphatic heterocycles. The first kappa shape index (κ1) is 12.5. The minimum absolute atomic E-state index is 0.346. The van der Waals surface area contributed by atoms with Crippen molar-refractivity contribution in [1.29, 1.82) is 0 Å². The second-order valence-electron chi connectivity index (χ2n) is 2.80. The molecule has 0 atom stereocenters. The van der Waals surface area contributed by atoms with Crippen LogP contribution in [-0.4, -0.2) is 49.7 Å². The zero-order valence-corrected chi connectivity index (χ0v) is 9.87. The molecule has 2 N–H and O–H groups in total. The minimum Gasteiger partial charge on any atom is -0.249 e. The summed E-state index contributed by atoms with van der Waals surface area (Å²) in [4.78, 5) is 0. The standard InChI is InChI=1S/C4H8N6O4S2/c1-15(11,12)9-3-5-7-4(8-6-3)10-16(2,13)14/h1-2H3,(H,5,6,9)(H,7,8,10). The predicted molar refractivity (Wildman–Crippen MR) is 54.6 cm³/mol. The summed E-state index contributed by atoms with van der Waals surface area (Å²) in [6.07, 6.45) is 1.80. The van der Waals surface area contributed by atoms with Crippen molar-refractivity contribution >= 4 is 31.9 Å². The number of hydrogen-bond donors (Lipinski definition) is 2. The highest BCUT2D eigenvalue weighted by atomic mass is 32.2. The lowest BCUT2D eigenvalue weighted by atomic mass is 11.0. The fourth-order valence-corrected chi connectivity index (χ4v) is 1.47. The molecule has 0 aliphatic rings. The highest BCUT2D eigenvalue weighted by molar-refractivity contribution is 7.92. The molecule has 0 amide bonds. The molecule has 90 valence electrons. The number of nitrogens with one attached hydrogen (secondary N) is 2. The average Bonchev–Trinajstić information content (AvgIpc) is 2.03. The molecule has 0 spiro atoms. The molecule has 12 heteroatoms. The van der Waals surface area contributed by atoms with Crippen LogP contribution >= 0.6 is 0 Å². The van der Waals surface area contributed by atoms with E-state index < -0.39 is 20.0 Å². The van der Waals surface area contributed by atoms with E-state index in [1.807, 2.05) is 9.44 Å². The number of sulfonamides is 2. The largest absolute Gasteiger partial charge is 0.275 e. The van der Waals surface area contributed by atoms with Crippen molar-refractivity contribution in [3.63, 3.8) is 0 Å². The van der Waals surface area contributed by atoms with Gasteiger partial charge in [-0.25, -0.2) is 26.3 Å². The molecule has 0 aromatic carbocycles. The van der Waals surface area contributed by atoms with Crippen molar-refractivity contribution in [1.82, 2.24) is 20.4 Å². The Morgan fingerprint density at radius 1 is 0.750 bits per heavy atom. The van der Waals surface area contributed by atoms with Gasteiger partial charge in [-0.3, -0.25) is 0 Å². The first-order valence-corrected chi connectivity index (χ1v) is 7.47. The van der Waals surface area contributed by atoms with E-state index in [0.29, 0.717) is 0 Å². The van der Waals surface area contributed by atoms with E-state index in [9.17, 15) is 16.8 Å². The van der Waals surface area contributed by atoms with Gasteiger partial charge in [-0.1, -0.05) is 0 Å². The monoisotopic (exact) mass is 268 g/mol. The molecule has 1 heterocycles. The second kappa shape index (κ2) is 4.13. The summed E-state index contributed by atoms with van der Waals surface area (Å²) in [6.45, 7) is 0. The third-order valence-corrected chi connectivity index (χ3v) is 2.14. The van der Waals surface area contributed by atoms with E-state index in [1.54, 1.807) is 0 Å². The van der Waals surface area contributed by atoms with Crippen LogP contribution < -0.4 is 9.44 Å². The Labute approximate surface area is 91.6 Å². The van der Waals surface area contributed by atoms with Crippen LogP contribution in [-0.2, 0) is 20.0 Å². The molecule has 1 aromatic rings. The van der Waals surface area contributed by atoms with Crippen LogP contribution in [0.5, 0.6) is 0 Å². The van der Waals surface area contributed by atoms with Crippen LogP contribution in [0.15, 0.2) is 0 Å². The van der Waals surface area contributed by atoms with E-state index in [-0.39, 0.29) is 11.9 Å². The van der Waals surface area contributed by atoms with Crippen LogP contribution in [0.1, 0.15) is 0 Å². The molecule has 0 aliphatic carbocycles. The molecule has 0 radical (unpaired) electrons. The van der Waals surface area contributed by atoms with Gasteiger partial charge in [0.1, 0.15) is 0 Å². The van der Waals surface area contributed by atoms with E-state index in [1.165, 1.54) is 0 Å². The topological polar surface area (TPSA) is 144 Å². The molecule has 1 aromatic heterocycles. The molecular weight excluding hydrogens is 260 g/mol. The Morgan fingerprint density at radius 2 is 1.00 bits per heavy atom. The van der Waals surface area contributed by atoms with Gasteiger partial charge in [0.25, 0.3) is 11.9 Å². The second-order valence-corrected chi connectivity index (χ2v) is 6.29. The van der Waals surface area contributed by atoms with Gasteiger partial charge in [0.2, 0.25) is 20.0 Å². The van der Waals surface area contributed by atoms with Crippen molar-refractivity contribution in [2.75, 3.05) is 22.0 Å². The fourth-order valence-electron chi connectivity index (χ4n) is 0.643. The van der Waals surface area contributed by atoms with Gasteiger partial charge >= 0.3 is 0 Å². The van der Waals surface area contributed by atoms with Crippen LogP contribution in [0.2, 0.25) is 0 Å². The van der Waals surface area contributed by atoms with Crippen molar-refractivity contribution in [3.8, 4) is 0 Å². The molecule has 0 saturated carbocycles. The van der Waals surface area contributed by atoms with Crippen molar-refractivity contribution < 1.29 is 16.8 Å². The maximum absolute atomic E-state index is 10.8. The summed E-state index contributed by atoms with van der Waals surface area (Å²) in [5.74, 6) is -0.692. The lowest BCUT2D eigenvalue weighted by Gasteiger charge is -2.01. The quantitative estimate of drug-likeness (QED) is 0.638. The van der Waals surface area contributed by atoms with Crippen LogP contribution in [0.4, 0.5) is 11.9 Å². The Kier molecular flexibility index (Phi) is 3.23. The minimum atomic E-state index is -3.52. The predicted octanol–water partition coefficient (Wildman–Crippen LogP) is -1.99. The third-order valence-electron chi connectivity index (χ3n) is 1.03. The molecule has 1 rings (SSSR count). The normalized spacial score (nSPS) is 12.1. The summed E-state index contributed by atoms with van der Waals surface area (Å²) in [5, 5.41) is 13.2. The van der Waals surface area contributed by atoms with E-state index in [0.717, 1.165) is 12.5 Å². The smallest absolute Gasteiger partial charge is 0.249 e. The van der Waals surface area contributed by atoms with Gasteiger partial charge in [-0.15, -0.1) is 20.4 Å². The summed E-state index contributed by atoms with van der Waals surface area (Å²) < 4.78 is 46.9. The highest BCUT2D eigenvalue weighted by Crippen LogP contribution is 1.99. The molecule has 0 bridgehead atoms. The number of anilines is 2. The molecule has 16 heavy (non-hydrogen) atoms. The van der Waals surface area contributed by atoms with Gasteiger partial charge in [-0.05, 0) is 0 Å². The zero-order chi connectivity index (χ0) is 12.4. The van der Waals surface area contributed by atoms with Gasteiger partial charge < -0.3 is 0 Å². The Bertz CT molecular complexity index is 510. The lowest BCUT2D eigenvalue weighted by molar-refractivity contribution is 0.603. The zero-order valence-electron chi connectivity index (χ0n) is 8.24. The average molecular weight is 268 g/mol. The maximum Gasteiger partial charge on any atom is 0.275 e. The third kappa shape index (κ3) is 4.79. The number of hydrogen-bond acceptors (Lipinski definition) is 8. The maximum atomic E-state index is 10.8. The molecule has 0 saturated heterocycles. The highest BCUT2D eigenvalue weighted by Gasteiger charge is 2.08. The van der Waals surface area contributed by atoms with Crippen molar-refractivity contribution in [3.05, 3.63) is 0 Å². The summed E-state index contributed by atoms with van der Waals surface area (Å²) >= 11 is 0. The summed E-state index contributed by atoms with van der Waals surface area (Å²) in [6, 6.07) is 0. The molecule has 0 fully saturated rings. The number of aromatic nitrogens is 4. The SMILES string of the molecule is CS(=O)(=O)Nc1nnc(NS(C)(=O)=O)nn1. The Morgan fingerprint density at radius 3 is 1.19 bits per heavy atom. The summed E-state index contributed by atoms with van der Waals surface area (Å²) in [7, 11) is -7.04. The molecular formula is C4H8N6O4S2. The van der Waals surface area contributed by atoms with Gasteiger partial charge in [0.05, 0.1) is 12.5 Å². The number of nitrogens with zero attached hydrogens (tertiary/aromatic N) is 4. The lowest BCUT2D eigenvalue weighted by Crippen LogP contribution is -2.17. The molecule has 10 nitrogen and oxygen atoms in total.